The Balaban J connectivity index is 1.96. The van der Waals surface area contributed by atoms with E-state index in [2.05, 4.69) is 16.0 Å². The van der Waals surface area contributed by atoms with E-state index in [0.29, 0.717) is 24.1 Å². The van der Waals surface area contributed by atoms with Crippen molar-refractivity contribution < 1.29 is 9.47 Å². The maximum Gasteiger partial charge on any atom is 0.244 e. The smallest absolute Gasteiger partial charge is 0.244 e. The van der Waals surface area contributed by atoms with E-state index in [-0.39, 0.29) is 6.10 Å². The minimum Gasteiger partial charge on any atom is -0.476 e. The van der Waals surface area contributed by atoms with Gasteiger partial charge in [-0.25, -0.2) is 0 Å². The third-order valence-electron chi connectivity index (χ3n) is 2.33. The zero-order valence-corrected chi connectivity index (χ0v) is 11.8. The van der Waals surface area contributed by atoms with Crippen LogP contribution in [-0.4, -0.2) is 22.7 Å². The van der Waals surface area contributed by atoms with Crippen LogP contribution in [0.3, 0.4) is 0 Å². The second kappa shape index (κ2) is 6.38. The Hall–Kier alpha value is -1.82. The lowest BCUT2D eigenvalue weighted by atomic mass is 10.4. The molecule has 6 heteroatoms. The van der Waals surface area contributed by atoms with Gasteiger partial charge in [-0.1, -0.05) is 6.07 Å². The maximum atomic E-state index is 5.92. The van der Waals surface area contributed by atoms with E-state index in [1.54, 1.807) is 11.3 Å². The number of anilines is 1. The Morgan fingerprint density at radius 2 is 2.11 bits per heavy atom. The number of nitrogens with two attached hydrogens (primary N) is 1. The molecule has 0 spiro atoms. The number of hydrogen-bond acceptors (Lipinski definition) is 6. The lowest BCUT2D eigenvalue weighted by Crippen LogP contribution is -2.11. The second-order valence-corrected chi connectivity index (χ2v) is 5.27. The molecule has 0 aliphatic carbocycles. The van der Waals surface area contributed by atoms with Crippen LogP contribution in [0.4, 0.5) is 5.69 Å². The molecule has 0 atom stereocenters. The van der Waals surface area contributed by atoms with Gasteiger partial charge in [0.2, 0.25) is 11.8 Å². The highest BCUT2D eigenvalue weighted by Crippen LogP contribution is 2.27. The summed E-state index contributed by atoms with van der Waals surface area (Å²) in [7, 11) is 0. The van der Waals surface area contributed by atoms with Gasteiger partial charge >= 0.3 is 0 Å². The van der Waals surface area contributed by atoms with Crippen LogP contribution in [0.25, 0.3) is 0 Å². The Morgan fingerprint density at radius 1 is 1.32 bits per heavy atom. The number of hydrogen-bond donors (Lipinski definition) is 1. The predicted molar refractivity (Wildman–Crippen MR) is 75.7 cm³/mol. The van der Waals surface area contributed by atoms with E-state index < -0.39 is 0 Å². The summed E-state index contributed by atoms with van der Waals surface area (Å²) in [6.45, 7) is 4.36. The molecule has 2 aromatic heterocycles. The lowest BCUT2D eigenvalue weighted by molar-refractivity contribution is 0.231. The zero-order valence-electron chi connectivity index (χ0n) is 11.0. The fourth-order valence-electron chi connectivity index (χ4n) is 1.50. The molecule has 0 fully saturated rings. The largest absolute Gasteiger partial charge is 0.476 e. The van der Waals surface area contributed by atoms with E-state index >= 15 is 0 Å². The van der Waals surface area contributed by atoms with Crippen LogP contribution in [0.15, 0.2) is 23.8 Å². The summed E-state index contributed by atoms with van der Waals surface area (Å²) in [6, 6.07) is 4.10. The molecule has 0 aliphatic heterocycles. The monoisotopic (exact) mass is 279 g/mol. The number of nitrogen functional groups attached to an aromatic ring is 1. The molecule has 2 heterocycles. The molecule has 19 heavy (non-hydrogen) atoms. The van der Waals surface area contributed by atoms with Gasteiger partial charge in [-0.3, -0.25) is 0 Å². The fraction of sp³-hybridized carbons (Fsp3) is 0.385. The molecular formula is C13H17N3O2S. The highest BCUT2D eigenvalue weighted by atomic mass is 32.1. The molecule has 0 bridgehead atoms. The molecule has 0 aromatic carbocycles. The quantitative estimate of drug-likeness (QED) is 0.880. The second-order valence-electron chi connectivity index (χ2n) is 4.24. The van der Waals surface area contributed by atoms with E-state index in [1.807, 2.05) is 25.3 Å². The number of rotatable bonds is 6. The summed E-state index contributed by atoms with van der Waals surface area (Å²) in [6.07, 6.45) is 2.24. The van der Waals surface area contributed by atoms with Crippen molar-refractivity contribution in [2.24, 2.45) is 0 Å². The van der Waals surface area contributed by atoms with E-state index in [1.165, 1.54) is 11.2 Å². The zero-order chi connectivity index (χ0) is 13.7. The van der Waals surface area contributed by atoms with Gasteiger partial charge in [0.05, 0.1) is 12.7 Å². The average molecular weight is 279 g/mol. The molecule has 0 saturated heterocycles. The van der Waals surface area contributed by atoms with Gasteiger partial charge in [-0.2, -0.15) is 9.97 Å². The number of aromatic nitrogens is 2. The molecule has 0 radical (unpaired) electrons. The standard InChI is InChI=1S/C13H17N3O2S/c1-9(2)18-13-11(14)12(15-8-16-13)17-6-5-10-4-3-7-19-10/h3-4,7-9H,5-6,14H2,1-2H3. The summed E-state index contributed by atoms with van der Waals surface area (Å²) < 4.78 is 11.1. The topological polar surface area (TPSA) is 70.3 Å². The molecule has 0 unspecified atom stereocenters. The highest BCUT2D eigenvalue weighted by molar-refractivity contribution is 7.09. The van der Waals surface area contributed by atoms with E-state index in [9.17, 15) is 0 Å². The summed E-state index contributed by atoms with van der Waals surface area (Å²) in [5.41, 5.74) is 6.27. The molecular weight excluding hydrogens is 262 g/mol. The minimum absolute atomic E-state index is 0.0103. The molecule has 0 saturated carbocycles. The summed E-state index contributed by atoms with van der Waals surface area (Å²) in [5, 5.41) is 2.04. The number of thiophene rings is 1. The first-order chi connectivity index (χ1) is 9.16. The van der Waals surface area contributed by atoms with Crippen LogP contribution in [-0.2, 0) is 6.42 Å². The lowest BCUT2D eigenvalue weighted by Gasteiger charge is -2.12. The van der Waals surface area contributed by atoms with Gasteiger partial charge in [-0.05, 0) is 25.3 Å². The summed E-state index contributed by atoms with van der Waals surface area (Å²) in [4.78, 5) is 9.30. The first-order valence-corrected chi connectivity index (χ1v) is 6.97. The minimum atomic E-state index is 0.0103. The van der Waals surface area contributed by atoms with Crippen molar-refractivity contribution in [2.75, 3.05) is 12.3 Å². The van der Waals surface area contributed by atoms with Crippen molar-refractivity contribution in [3.63, 3.8) is 0 Å². The van der Waals surface area contributed by atoms with Crippen LogP contribution >= 0.6 is 11.3 Å². The van der Waals surface area contributed by atoms with Gasteiger partial charge < -0.3 is 15.2 Å². The molecule has 2 N–H and O–H groups in total. The SMILES string of the molecule is CC(C)Oc1ncnc(OCCc2cccs2)c1N. The first kappa shape index (κ1) is 13.6. The van der Waals surface area contributed by atoms with Crippen molar-refractivity contribution in [2.45, 2.75) is 26.4 Å². The van der Waals surface area contributed by atoms with Crippen LogP contribution in [0.5, 0.6) is 11.8 Å². The third-order valence-corrected chi connectivity index (χ3v) is 3.26. The van der Waals surface area contributed by atoms with Gasteiger partial charge in [0.15, 0.2) is 5.69 Å². The first-order valence-electron chi connectivity index (χ1n) is 6.09. The van der Waals surface area contributed by atoms with Gasteiger partial charge in [0.1, 0.15) is 6.33 Å². The van der Waals surface area contributed by atoms with Crippen molar-refractivity contribution in [1.29, 1.82) is 0 Å². The average Bonchev–Trinajstić information content (AvgIpc) is 2.86. The van der Waals surface area contributed by atoms with Gasteiger partial charge in [0.25, 0.3) is 0 Å². The van der Waals surface area contributed by atoms with E-state index in [0.717, 1.165) is 6.42 Å². The Kier molecular flexibility index (Phi) is 4.57. The van der Waals surface area contributed by atoms with Gasteiger partial charge in [0, 0.05) is 11.3 Å². The van der Waals surface area contributed by atoms with Crippen LogP contribution in [0.1, 0.15) is 18.7 Å². The van der Waals surface area contributed by atoms with Crippen molar-refractivity contribution in [3.05, 3.63) is 28.7 Å². The normalized spacial score (nSPS) is 10.7. The predicted octanol–water partition coefficient (Wildman–Crippen LogP) is 2.53. The number of nitrogens with zero attached hydrogens (tertiary/aromatic N) is 2. The Morgan fingerprint density at radius 3 is 2.79 bits per heavy atom. The molecule has 5 nitrogen and oxygen atoms in total. The van der Waals surface area contributed by atoms with Crippen LogP contribution < -0.4 is 15.2 Å². The summed E-state index contributed by atoms with van der Waals surface area (Å²) in [5.74, 6) is 0.748. The van der Waals surface area contributed by atoms with Crippen molar-refractivity contribution >= 4 is 17.0 Å². The number of ether oxygens (including phenoxy) is 2. The Labute approximate surface area is 116 Å². The maximum absolute atomic E-state index is 5.92. The molecule has 0 aliphatic rings. The molecule has 0 amide bonds. The molecule has 2 aromatic rings. The molecule has 102 valence electrons. The van der Waals surface area contributed by atoms with E-state index in [4.69, 9.17) is 15.2 Å². The third kappa shape index (κ3) is 3.82. The Bertz CT molecular complexity index is 515. The van der Waals surface area contributed by atoms with Crippen LogP contribution in [0, 0.1) is 0 Å². The van der Waals surface area contributed by atoms with Crippen molar-refractivity contribution in [3.8, 4) is 11.8 Å². The van der Waals surface area contributed by atoms with Crippen molar-refractivity contribution in [1.82, 2.24) is 9.97 Å². The molecule has 2 rings (SSSR count). The summed E-state index contributed by atoms with van der Waals surface area (Å²) >= 11 is 1.71. The van der Waals surface area contributed by atoms with Gasteiger partial charge in [-0.15, -0.1) is 11.3 Å². The van der Waals surface area contributed by atoms with Crippen LogP contribution in [0.2, 0.25) is 0 Å². The fourth-order valence-corrected chi connectivity index (χ4v) is 2.19. The highest BCUT2D eigenvalue weighted by Gasteiger charge is 2.11.